The van der Waals surface area contributed by atoms with Gasteiger partial charge in [0.2, 0.25) is 0 Å². The van der Waals surface area contributed by atoms with Crippen LogP contribution in [-0.2, 0) is 11.3 Å². The number of nitrogens with one attached hydrogen (secondary N) is 1. The average molecular weight is 280 g/mol. The molecule has 2 heterocycles. The molecule has 0 aliphatic carbocycles. The molecule has 1 aromatic rings. The number of nitrogens with zero attached hydrogens (tertiary/aromatic N) is 2. The number of ether oxygens (including phenoxy) is 1. The quantitative estimate of drug-likeness (QED) is 0.382. The van der Waals surface area contributed by atoms with Gasteiger partial charge in [0.1, 0.15) is 5.69 Å². The van der Waals surface area contributed by atoms with Gasteiger partial charge >= 0.3 is 0 Å². The molecule has 0 spiro atoms. The van der Waals surface area contributed by atoms with Crippen LogP contribution in [0.25, 0.3) is 0 Å². The fourth-order valence-corrected chi connectivity index (χ4v) is 2.37. The van der Waals surface area contributed by atoms with E-state index in [-0.39, 0.29) is 18.8 Å². The van der Waals surface area contributed by atoms with E-state index in [4.69, 9.17) is 10.6 Å². The number of pyridine rings is 1. The number of rotatable bonds is 4. The molecule has 7 nitrogen and oxygen atoms in total. The van der Waals surface area contributed by atoms with Gasteiger partial charge in [0, 0.05) is 19.6 Å². The van der Waals surface area contributed by atoms with Crippen molar-refractivity contribution >= 4 is 5.91 Å². The molecule has 2 unspecified atom stereocenters. The van der Waals surface area contributed by atoms with Crippen LogP contribution in [0, 0.1) is 0 Å². The number of hydrazine groups is 1. The van der Waals surface area contributed by atoms with Crippen molar-refractivity contribution < 1.29 is 14.6 Å². The Morgan fingerprint density at radius 3 is 3.10 bits per heavy atom. The van der Waals surface area contributed by atoms with Gasteiger partial charge in [-0.15, -0.1) is 0 Å². The maximum atomic E-state index is 11.4. The van der Waals surface area contributed by atoms with Crippen molar-refractivity contribution in [1.29, 1.82) is 0 Å². The molecule has 0 aromatic carbocycles. The third-order valence-corrected chi connectivity index (χ3v) is 3.16. The van der Waals surface area contributed by atoms with Gasteiger partial charge < -0.3 is 9.84 Å². The maximum absolute atomic E-state index is 11.4. The Labute approximate surface area is 117 Å². The molecule has 1 saturated heterocycles. The molecule has 1 aliphatic heterocycles. The van der Waals surface area contributed by atoms with Crippen LogP contribution in [0.2, 0.25) is 0 Å². The first kappa shape index (κ1) is 14.9. The Hall–Kier alpha value is -1.54. The Kier molecular flexibility index (Phi) is 5.02. The number of amides is 1. The predicted molar refractivity (Wildman–Crippen MR) is 72.6 cm³/mol. The number of nitrogen functional groups attached to an aromatic ring is 1. The molecular formula is C13H20N4O3. The maximum Gasteiger partial charge on any atom is 0.283 e. The molecule has 1 aromatic heterocycles. The molecule has 4 N–H and O–H groups in total. The highest BCUT2D eigenvalue weighted by molar-refractivity contribution is 5.91. The van der Waals surface area contributed by atoms with E-state index >= 15 is 0 Å². The summed E-state index contributed by atoms with van der Waals surface area (Å²) in [5.74, 6) is 4.69. The lowest BCUT2D eigenvalue weighted by atomic mass is 10.2. The zero-order valence-electron chi connectivity index (χ0n) is 11.5. The number of hydrogen-bond donors (Lipinski definition) is 3. The summed E-state index contributed by atoms with van der Waals surface area (Å²) in [6, 6.07) is 5.26. The second kappa shape index (κ2) is 6.76. The number of carbonyl (C=O) groups is 1. The Morgan fingerprint density at radius 1 is 1.60 bits per heavy atom. The number of nitrogens with two attached hydrogens (primary N) is 1. The van der Waals surface area contributed by atoms with Gasteiger partial charge in [0.15, 0.2) is 0 Å². The van der Waals surface area contributed by atoms with E-state index in [1.807, 2.05) is 13.0 Å². The number of morpholine rings is 1. The van der Waals surface area contributed by atoms with Crippen LogP contribution in [0.15, 0.2) is 18.2 Å². The minimum atomic E-state index is -0.407. The first-order valence-electron chi connectivity index (χ1n) is 6.58. The Balaban J connectivity index is 2.04. The van der Waals surface area contributed by atoms with Crippen molar-refractivity contribution in [1.82, 2.24) is 15.3 Å². The average Bonchev–Trinajstić information content (AvgIpc) is 2.46. The standard InChI is InChI=1S/C13H20N4O3/c1-9-5-17(7-11(8-18)20-9)6-10-3-2-4-12(15-10)13(19)16-14/h2-4,9,11,18H,5-8,14H2,1H3,(H,16,19). The second-order valence-electron chi connectivity index (χ2n) is 4.93. The second-order valence-corrected chi connectivity index (χ2v) is 4.93. The van der Waals surface area contributed by atoms with Crippen LogP contribution in [0.5, 0.6) is 0 Å². The van der Waals surface area contributed by atoms with Crippen molar-refractivity contribution in [3.05, 3.63) is 29.6 Å². The summed E-state index contributed by atoms with van der Waals surface area (Å²) in [7, 11) is 0. The first-order chi connectivity index (χ1) is 9.62. The van der Waals surface area contributed by atoms with E-state index in [1.54, 1.807) is 12.1 Å². The minimum Gasteiger partial charge on any atom is -0.394 e. The van der Waals surface area contributed by atoms with Gasteiger partial charge in [-0.05, 0) is 19.1 Å². The van der Waals surface area contributed by atoms with Crippen molar-refractivity contribution in [3.8, 4) is 0 Å². The zero-order chi connectivity index (χ0) is 14.5. The Bertz CT molecular complexity index is 469. The van der Waals surface area contributed by atoms with Crippen LogP contribution < -0.4 is 11.3 Å². The van der Waals surface area contributed by atoms with E-state index in [2.05, 4.69) is 15.3 Å². The molecule has 0 radical (unpaired) electrons. The van der Waals surface area contributed by atoms with Gasteiger partial charge in [0.05, 0.1) is 24.5 Å². The topological polar surface area (TPSA) is 101 Å². The number of aliphatic hydroxyl groups is 1. The van der Waals surface area contributed by atoms with E-state index in [0.717, 1.165) is 12.2 Å². The Morgan fingerprint density at radius 2 is 2.40 bits per heavy atom. The van der Waals surface area contributed by atoms with E-state index in [9.17, 15) is 9.90 Å². The third-order valence-electron chi connectivity index (χ3n) is 3.16. The molecule has 0 saturated carbocycles. The molecule has 2 atom stereocenters. The van der Waals surface area contributed by atoms with Crippen LogP contribution >= 0.6 is 0 Å². The number of hydrogen-bond acceptors (Lipinski definition) is 6. The normalized spacial score (nSPS) is 23.6. The van der Waals surface area contributed by atoms with E-state index in [0.29, 0.717) is 18.8 Å². The lowest BCUT2D eigenvalue weighted by Gasteiger charge is -2.35. The highest BCUT2D eigenvalue weighted by atomic mass is 16.5. The first-order valence-corrected chi connectivity index (χ1v) is 6.58. The highest BCUT2D eigenvalue weighted by Crippen LogP contribution is 2.13. The lowest BCUT2D eigenvalue weighted by molar-refractivity contribution is -0.0974. The number of aliphatic hydroxyl groups excluding tert-OH is 1. The van der Waals surface area contributed by atoms with Crippen molar-refractivity contribution in [2.45, 2.75) is 25.7 Å². The molecule has 7 heteroatoms. The van der Waals surface area contributed by atoms with Crippen LogP contribution in [0.3, 0.4) is 0 Å². The molecule has 20 heavy (non-hydrogen) atoms. The van der Waals surface area contributed by atoms with Crippen LogP contribution in [0.1, 0.15) is 23.1 Å². The largest absolute Gasteiger partial charge is 0.394 e. The van der Waals surface area contributed by atoms with E-state index in [1.165, 1.54) is 0 Å². The molecule has 0 bridgehead atoms. The molecule has 1 amide bonds. The monoisotopic (exact) mass is 280 g/mol. The van der Waals surface area contributed by atoms with Gasteiger partial charge in [-0.2, -0.15) is 0 Å². The highest BCUT2D eigenvalue weighted by Gasteiger charge is 2.24. The minimum absolute atomic E-state index is 0.00386. The predicted octanol–water partition coefficient (Wildman–Crippen LogP) is -0.733. The van der Waals surface area contributed by atoms with Gasteiger partial charge in [-0.3, -0.25) is 15.1 Å². The molecule has 110 valence electrons. The molecular weight excluding hydrogens is 260 g/mol. The summed E-state index contributed by atoms with van der Waals surface area (Å²) in [5, 5.41) is 9.21. The summed E-state index contributed by atoms with van der Waals surface area (Å²) in [6.45, 7) is 4.00. The summed E-state index contributed by atoms with van der Waals surface area (Å²) < 4.78 is 5.59. The number of carbonyl (C=O) groups excluding carboxylic acids is 1. The zero-order valence-corrected chi connectivity index (χ0v) is 11.5. The van der Waals surface area contributed by atoms with Gasteiger partial charge in [-0.1, -0.05) is 6.07 Å². The van der Waals surface area contributed by atoms with Gasteiger partial charge in [0.25, 0.3) is 5.91 Å². The fraction of sp³-hybridized carbons (Fsp3) is 0.538. The van der Waals surface area contributed by atoms with E-state index < -0.39 is 5.91 Å². The van der Waals surface area contributed by atoms with Crippen molar-refractivity contribution in [3.63, 3.8) is 0 Å². The summed E-state index contributed by atoms with van der Waals surface area (Å²) in [6.07, 6.45) is -0.106. The summed E-state index contributed by atoms with van der Waals surface area (Å²) in [5.41, 5.74) is 3.15. The molecule has 1 fully saturated rings. The van der Waals surface area contributed by atoms with Crippen molar-refractivity contribution in [2.24, 2.45) is 5.84 Å². The summed E-state index contributed by atoms with van der Waals surface area (Å²) in [4.78, 5) is 17.9. The smallest absolute Gasteiger partial charge is 0.283 e. The summed E-state index contributed by atoms with van der Waals surface area (Å²) >= 11 is 0. The molecule has 2 rings (SSSR count). The molecule has 1 aliphatic rings. The third kappa shape index (κ3) is 3.73. The van der Waals surface area contributed by atoms with Gasteiger partial charge in [-0.25, -0.2) is 10.8 Å². The number of aromatic nitrogens is 1. The SMILES string of the molecule is CC1CN(Cc2cccc(C(=O)NN)n2)CC(CO)O1. The fourth-order valence-electron chi connectivity index (χ4n) is 2.37. The van der Waals surface area contributed by atoms with Crippen LogP contribution in [-0.4, -0.2) is 52.8 Å². The van der Waals surface area contributed by atoms with Crippen molar-refractivity contribution in [2.75, 3.05) is 19.7 Å². The van der Waals surface area contributed by atoms with Crippen LogP contribution in [0.4, 0.5) is 0 Å². The lowest BCUT2D eigenvalue weighted by Crippen LogP contribution is -2.47.